The van der Waals surface area contributed by atoms with Crippen molar-refractivity contribution >= 4 is 21.8 Å². The van der Waals surface area contributed by atoms with Crippen LogP contribution in [0.25, 0.3) is 0 Å². The van der Waals surface area contributed by atoms with Crippen LogP contribution in [0.5, 0.6) is 0 Å². The Balaban J connectivity index is 1.89. The fraction of sp³-hybridized carbons (Fsp3) is 0.533. The molecular weight excluding hydrogens is 306 g/mol. The number of ether oxygens (including phenoxy) is 1. The molecule has 2 rings (SSSR count). The molecule has 0 aromatic heterocycles. The molecule has 1 aliphatic carbocycles. The van der Waals surface area contributed by atoms with Crippen LogP contribution in [0, 0.1) is 12.3 Å². The molecule has 0 saturated heterocycles. The number of hydrogen-bond acceptors (Lipinski definition) is 2. The van der Waals surface area contributed by atoms with Gasteiger partial charge in [-0.3, -0.25) is 4.79 Å². The Bertz CT molecular complexity index is 469. The standard InChI is InChI=1S/C15H20BrNO2/c1-11-3-4-12(9-13(11)16)14(18)17-10-15(5-6-15)7-8-19-2/h3-4,9H,5-8,10H2,1-2H3,(H,17,18). The van der Waals surface area contributed by atoms with E-state index in [4.69, 9.17) is 4.74 Å². The van der Waals surface area contributed by atoms with Crippen molar-refractivity contribution in [2.75, 3.05) is 20.3 Å². The molecule has 1 aromatic rings. The van der Waals surface area contributed by atoms with Crippen molar-refractivity contribution in [3.05, 3.63) is 33.8 Å². The molecule has 0 radical (unpaired) electrons. The maximum absolute atomic E-state index is 12.1. The van der Waals surface area contributed by atoms with Gasteiger partial charge in [-0.05, 0) is 49.3 Å². The van der Waals surface area contributed by atoms with Crippen LogP contribution >= 0.6 is 15.9 Å². The van der Waals surface area contributed by atoms with E-state index < -0.39 is 0 Å². The maximum atomic E-state index is 12.1. The summed E-state index contributed by atoms with van der Waals surface area (Å²) >= 11 is 3.45. The second-order valence-corrected chi connectivity index (χ2v) is 6.24. The fourth-order valence-corrected chi connectivity index (χ4v) is 2.49. The topological polar surface area (TPSA) is 38.3 Å². The van der Waals surface area contributed by atoms with Crippen LogP contribution in [0.3, 0.4) is 0 Å². The Morgan fingerprint density at radius 1 is 1.47 bits per heavy atom. The van der Waals surface area contributed by atoms with E-state index in [1.165, 1.54) is 12.8 Å². The van der Waals surface area contributed by atoms with E-state index in [0.29, 0.717) is 5.56 Å². The fourth-order valence-electron chi connectivity index (χ4n) is 2.11. The lowest BCUT2D eigenvalue weighted by molar-refractivity contribution is 0.0938. The maximum Gasteiger partial charge on any atom is 0.251 e. The second-order valence-electron chi connectivity index (χ2n) is 5.39. The minimum atomic E-state index is 0.00407. The Hall–Kier alpha value is -0.870. The summed E-state index contributed by atoms with van der Waals surface area (Å²) in [6.45, 7) is 3.53. The molecule has 0 atom stereocenters. The summed E-state index contributed by atoms with van der Waals surface area (Å²) in [5.41, 5.74) is 2.13. The lowest BCUT2D eigenvalue weighted by Crippen LogP contribution is -2.30. The van der Waals surface area contributed by atoms with Gasteiger partial charge in [-0.15, -0.1) is 0 Å². The van der Waals surface area contributed by atoms with E-state index in [1.54, 1.807) is 7.11 Å². The van der Waals surface area contributed by atoms with Crippen LogP contribution in [0.1, 0.15) is 35.2 Å². The van der Waals surface area contributed by atoms with Gasteiger partial charge in [0.2, 0.25) is 0 Å². The summed E-state index contributed by atoms with van der Waals surface area (Å²) in [7, 11) is 1.72. The van der Waals surface area contributed by atoms with Gasteiger partial charge in [-0.1, -0.05) is 22.0 Å². The van der Waals surface area contributed by atoms with Gasteiger partial charge in [-0.25, -0.2) is 0 Å². The van der Waals surface area contributed by atoms with Crippen molar-refractivity contribution < 1.29 is 9.53 Å². The molecule has 19 heavy (non-hydrogen) atoms. The first-order chi connectivity index (χ1) is 9.06. The first kappa shape index (κ1) is 14.5. The number of halogens is 1. The van der Waals surface area contributed by atoms with Gasteiger partial charge >= 0.3 is 0 Å². The summed E-state index contributed by atoms with van der Waals surface area (Å²) in [5.74, 6) is 0.00407. The highest BCUT2D eigenvalue weighted by Gasteiger charge is 2.42. The van der Waals surface area contributed by atoms with Crippen molar-refractivity contribution in [3.63, 3.8) is 0 Å². The molecule has 1 aliphatic rings. The molecule has 1 fully saturated rings. The van der Waals surface area contributed by atoms with Crippen LogP contribution in [-0.4, -0.2) is 26.2 Å². The summed E-state index contributed by atoms with van der Waals surface area (Å²) in [6.07, 6.45) is 3.41. The minimum absolute atomic E-state index is 0.00407. The summed E-state index contributed by atoms with van der Waals surface area (Å²) in [6, 6.07) is 5.69. The lowest BCUT2D eigenvalue weighted by atomic mass is 10.0. The number of benzene rings is 1. The molecule has 1 saturated carbocycles. The molecule has 0 bridgehead atoms. The zero-order chi connectivity index (χ0) is 13.9. The van der Waals surface area contributed by atoms with E-state index in [0.717, 1.165) is 29.6 Å². The lowest BCUT2D eigenvalue weighted by Gasteiger charge is -2.15. The molecule has 104 valence electrons. The van der Waals surface area contributed by atoms with Gasteiger partial charge in [-0.2, -0.15) is 0 Å². The Morgan fingerprint density at radius 3 is 2.79 bits per heavy atom. The predicted molar refractivity (Wildman–Crippen MR) is 79.4 cm³/mol. The van der Waals surface area contributed by atoms with E-state index >= 15 is 0 Å². The average molecular weight is 326 g/mol. The molecular formula is C15H20BrNO2. The van der Waals surface area contributed by atoms with Crippen LogP contribution in [0.15, 0.2) is 22.7 Å². The molecule has 0 spiro atoms. The van der Waals surface area contributed by atoms with Crippen molar-refractivity contribution in [2.45, 2.75) is 26.2 Å². The number of nitrogens with one attached hydrogen (secondary N) is 1. The highest BCUT2D eigenvalue weighted by Crippen LogP contribution is 2.48. The molecule has 1 amide bonds. The number of methoxy groups -OCH3 is 1. The number of hydrogen-bond donors (Lipinski definition) is 1. The highest BCUT2D eigenvalue weighted by atomic mass is 79.9. The quantitative estimate of drug-likeness (QED) is 0.871. The third kappa shape index (κ3) is 3.80. The summed E-state index contributed by atoms with van der Waals surface area (Å²) < 4.78 is 6.09. The van der Waals surface area contributed by atoms with E-state index in [9.17, 15) is 4.79 Å². The smallest absolute Gasteiger partial charge is 0.251 e. The van der Waals surface area contributed by atoms with Crippen molar-refractivity contribution in [2.24, 2.45) is 5.41 Å². The van der Waals surface area contributed by atoms with Gasteiger partial charge in [0.1, 0.15) is 0 Å². The van der Waals surface area contributed by atoms with Crippen LogP contribution < -0.4 is 5.32 Å². The van der Waals surface area contributed by atoms with E-state index in [-0.39, 0.29) is 11.3 Å². The third-order valence-corrected chi connectivity index (χ3v) is 4.71. The molecule has 0 heterocycles. The normalized spacial score (nSPS) is 16.2. The number of carbonyl (C=O) groups excluding carboxylic acids is 1. The van der Waals surface area contributed by atoms with Gasteiger partial charge in [0.05, 0.1) is 0 Å². The van der Waals surface area contributed by atoms with E-state index in [2.05, 4.69) is 21.2 Å². The zero-order valence-electron chi connectivity index (χ0n) is 11.5. The first-order valence-electron chi connectivity index (χ1n) is 6.60. The molecule has 1 N–H and O–H groups in total. The molecule has 0 aliphatic heterocycles. The third-order valence-electron chi connectivity index (χ3n) is 3.85. The average Bonchev–Trinajstić information content (AvgIpc) is 3.17. The SMILES string of the molecule is COCCC1(CNC(=O)c2ccc(C)c(Br)c2)CC1. The zero-order valence-corrected chi connectivity index (χ0v) is 13.0. The number of aryl methyl sites for hydroxylation is 1. The van der Waals surface area contributed by atoms with Gasteiger partial charge in [0.25, 0.3) is 5.91 Å². The van der Waals surface area contributed by atoms with Crippen molar-refractivity contribution in [1.29, 1.82) is 0 Å². The van der Waals surface area contributed by atoms with Crippen LogP contribution in [-0.2, 0) is 4.74 Å². The predicted octanol–water partition coefficient (Wildman–Crippen LogP) is 3.30. The number of rotatable bonds is 6. The number of carbonyl (C=O) groups is 1. The largest absolute Gasteiger partial charge is 0.385 e. The Kier molecular flexibility index (Phi) is 4.63. The molecule has 0 unspecified atom stereocenters. The van der Waals surface area contributed by atoms with Crippen LogP contribution in [0.4, 0.5) is 0 Å². The van der Waals surface area contributed by atoms with Crippen LogP contribution in [0.2, 0.25) is 0 Å². The first-order valence-corrected chi connectivity index (χ1v) is 7.39. The molecule has 3 nitrogen and oxygen atoms in total. The summed E-state index contributed by atoms with van der Waals surface area (Å²) in [5, 5.41) is 3.04. The number of amides is 1. The second kappa shape index (κ2) is 6.06. The Labute approximate surface area is 122 Å². The monoisotopic (exact) mass is 325 g/mol. The van der Waals surface area contributed by atoms with E-state index in [1.807, 2.05) is 25.1 Å². The molecule has 4 heteroatoms. The van der Waals surface area contributed by atoms with Gasteiger partial charge < -0.3 is 10.1 Å². The summed E-state index contributed by atoms with van der Waals surface area (Å²) in [4.78, 5) is 12.1. The highest BCUT2D eigenvalue weighted by molar-refractivity contribution is 9.10. The van der Waals surface area contributed by atoms with Gasteiger partial charge in [0, 0.05) is 30.3 Å². The Morgan fingerprint density at radius 2 is 2.21 bits per heavy atom. The van der Waals surface area contributed by atoms with Crippen molar-refractivity contribution in [1.82, 2.24) is 5.32 Å². The molecule has 1 aromatic carbocycles. The van der Waals surface area contributed by atoms with Crippen molar-refractivity contribution in [3.8, 4) is 0 Å². The minimum Gasteiger partial charge on any atom is -0.385 e. The van der Waals surface area contributed by atoms with Gasteiger partial charge in [0.15, 0.2) is 0 Å².